The molecule has 0 heterocycles. The molecule has 0 rings (SSSR count). The molecule has 0 aromatic carbocycles. The molecule has 0 fully saturated rings. The number of unbranched alkanes of at least 4 members (excludes halogenated alkanes) is 6. The summed E-state index contributed by atoms with van der Waals surface area (Å²) in [4.78, 5) is 0. The zero-order valence-corrected chi connectivity index (χ0v) is 19.0. The van der Waals surface area contributed by atoms with E-state index in [2.05, 4.69) is 40.0 Å². The Labute approximate surface area is 145 Å². The third-order valence-corrected chi connectivity index (χ3v) is 21.3. The Morgan fingerprint density at radius 2 is 1.14 bits per heavy atom. The second-order valence-corrected chi connectivity index (χ2v) is 20.4. The molecule has 0 spiro atoms. The Kier molecular flexibility index (Phi) is 15.1. The molecule has 0 aromatic rings. The average Bonchev–Trinajstić information content (AvgIpc) is 2.55. The van der Waals surface area contributed by atoms with Crippen molar-refractivity contribution < 1.29 is 0 Å². The van der Waals surface area contributed by atoms with Crippen LogP contribution in [0, 0.1) is 0 Å². The summed E-state index contributed by atoms with van der Waals surface area (Å²) in [6.07, 6.45) is 15.3. The number of rotatable bonds is 15. The van der Waals surface area contributed by atoms with Gasteiger partial charge in [-0.25, -0.2) is 0 Å². The molecule has 1 heteroatoms. The van der Waals surface area contributed by atoms with Gasteiger partial charge in [-0.1, -0.05) is 0 Å². The van der Waals surface area contributed by atoms with E-state index in [9.17, 15) is 0 Å². The normalized spacial score (nSPS) is 11.5. The van der Waals surface area contributed by atoms with E-state index in [0.29, 0.717) is 0 Å². The Morgan fingerprint density at radius 3 is 1.50 bits per heavy atom. The summed E-state index contributed by atoms with van der Waals surface area (Å²) < 4.78 is 6.48. The number of allylic oxidation sites excluding steroid dienone is 1. The molecule has 0 aromatic heterocycles. The predicted molar refractivity (Wildman–Crippen MR) is 106 cm³/mol. The van der Waals surface area contributed by atoms with E-state index in [1.165, 1.54) is 70.6 Å². The number of hydrogen-bond donors (Lipinski definition) is 0. The van der Waals surface area contributed by atoms with E-state index in [1.807, 2.05) is 0 Å². The molecular formula is C21H42Sn. The molecule has 0 unspecified atom stereocenters. The van der Waals surface area contributed by atoms with Gasteiger partial charge in [-0.3, -0.25) is 0 Å². The topological polar surface area (TPSA) is 0 Å². The quantitative estimate of drug-likeness (QED) is 0.145. The van der Waals surface area contributed by atoms with Gasteiger partial charge < -0.3 is 0 Å². The van der Waals surface area contributed by atoms with Gasteiger partial charge in [0.2, 0.25) is 0 Å². The first-order chi connectivity index (χ1) is 10.7. The van der Waals surface area contributed by atoms with Crippen molar-refractivity contribution in [2.75, 3.05) is 0 Å². The zero-order chi connectivity index (χ0) is 16.7. The van der Waals surface area contributed by atoms with Crippen LogP contribution in [-0.2, 0) is 0 Å². The van der Waals surface area contributed by atoms with Gasteiger partial charge in [-0.15, -0.1) is 0 Å². The van der Waals surface area contributed by atoms with Gasteiger partial charge in [-0.05, 0) is 0 Å². The first-order valence-electron chi connectivity index (χ1n) is 10.1. The van der Waals surface area contributed by atoms with Crippen LogP contribution in [0.25, 0.3) is 0 Å². The SMILES string of the molecule is C=C=[C](CCCCCC)[Sn]([CH2]CCC)([CH2]CCC)[CH2]CCC. The summed E-state index contributed by atoms with van der Waals surface area (Å²) in [5, 5.41) is 0. The molecule has 0 aliphatic rings. The van der Waals surface area contributed by atoms with Crippen molar-refractivity contribution in [2.45, 2.75) is 112 Å². The fourth-order valence-electron chi connectivity index (χ4n) is 3.64. The maximum absolute atomic E-state index is 4.14. The van der Waals surface area contributed by atoms with Crippen LogP contribution in [0.2, 0.25) is 13.3 Å². The first kappa shape index (κ1) is 22.3. The molecule has 0 atom stereocenters. The summed E-state index contributed by atoms with van der Waals surface area (Å²) in [5.41, 5.74) is 3.51. The van der Waals surface area contributed by atoms with E-state index in [1.54, 1.807) is 16.9 Å². The van der Waals surface area contributed by atoms with Crippen LogP contribution in [0.4, 0.5) is 0 Å². The van der Waals surface area contributed by atoms with Crippen molar-refractivity contribution in [1.82, 2.24) is 0 Å². The van der Waals surface area contributed by atoms with Crippen molar-refractivity contribution in [1.29, 1.82) is 0 Å². The van der Waals surface area contributed by atoms with E-state index in [0.717, 1.165) is 0 Å². The molecular weight excluding hydrogens is 371 g/mol. The summed E-state index contributed by atoms with van der Waals surface area (Å²) in [7, 11) is 0. The molecule has 0 bridgehead atoms. The monoisotopic (exact) mass is 414 g/mol. The van der Waals surface area contributed by atoms with Gasteiger partial charge in [0.1, 0.15) is 0 Å². The molecule has 0 aliphatic heterocycles. The van der Waals surface area contributed by atoms with E-state index in [4.69, 9.17) is 0 Å². The Morgan fingerprint density at radius 1 is 0.682 bits per heavy atom. The predicted octanol–water partition coefficient (Wildman–Crippen LogP) is 8.06. The van der Waals surface area contributed by atoms with Gasteiger partial charge in [0.05, 0.1) is 0 Å². The Hall–Kier alpha value is 0.319. The van der Waals surface area contributed by atoms with Gasteiger partial charge in [-0.2, -0.15) is 0 Å². The van der Waals surface area contributed by atoms with Crippen LogP contribution in [0.1, 0.15) is 98.3 Å². The second kappa shape index (κ2) is 14.9. The van der Waals surface area contributed by atoms with Gasteiger partial charge >= 0.3 is 146 Å². The molecule has 0 saturated heterocycles. The van der Waals surface area contributed by atoms with Crippen LogP contribution < -0.4 is 0 Å². The van der Waals surface area contributed by atoms with Crippen molar-refractivity contribution in [3.05, 3.63) is 15.9 Å². The molecule has 0 saturated carbocycles. The summed E-state index contributed by atoms with van der Waals surface area (Å²) in [6.45, 7) is 13.5. The van der Waals surface area contributed by atoms with Crippen LogP contribution in [0.5, 0.6) is 0 Å². The van der Waals surface area contributed by atoms with Crippen molar-refractivity contribution in [3.8, 4) is 0 Å². The van der Waals surface area contributed by atoms with E-state index in [-0.39, 0.29) is 0 Å². The van der Waals surface area contributed by atoms with E-state index < -0.39 is 18.4 Å². The van der Waals surface area contributed by atoms with Crippen LogP contribution in [0.3, 0.4) is 0 Å². The molecule has 0 nitrogen and oxygen atoms in total. The fourth-order valence-corrected chi connectivity index (χ4v) is 20.3. The van der Waals surface area contributed by atoms with Gasteiger partial charge in [0.15, 0.2) is 0 Å². The first-order valence-corrected chi connectivity index (χ1v) is 17.6. The molecule has 0 radical (unpaired) electrons. The van der Waals surface area contributed by atoms with Crippen molar-refractivity contribution >= 4 is 18.4 Å². The van der Waals surface area contributed by atoms with Crippen molar-refractivity contribution in [2.24, 2.45) is 0 Å². The summed E-state index contributed by atoms with van der Waals surface area (Å²) >= 11 is -2.18. The van der Waals surface area contributed by atoms with Crippen LogP contribution >= 0.6 is 0 Å². The fraction of sp³-hybridized carbons (Fsp3) is 0.857. The van der Waals surface area contributed by atoms with Gasteiger partial charge in [0, 0.05) is 0 Å². The van der Waals surface area contributed by atoms with Crippen molar-refractivity contribution in [3.63, 3.8) is 0 Å². The minimum absolute atomic E-state index is 1.33. The number of hydrogen-bond acceptors (Lipinski definition) is 0. The van der Waals surface area contributed by atoms with Crippen LogP contribution in [0.15, 0.2) is 15.9 Å². The second-order valence-electron chi connectivity index (χ2n) is 7.06. The average molecular weight is 413 g/mol. The minimum atomic E-state index is -2.18. The van der Waals surface area contributed by atoms with E-state index >= 15 is 0 Å². The zero-order valence-electron chi connectivity index (χ0n) is 16.1. The third-order valence-electron chi connectivity index (χ3n) is 5.16. The standard InChI is InChI=1S/C9H15.3C4H9.Sn/c1-3-5-7-9-8-6-4-2;3*1-3-4-2;/h1,4,6-9H2,2H3;3*1,3-4H2,2H3;. The maximum atomic E-state index is 4.14. The molecule has 0 aliphatic carbocycles. The summed E-state index contributed by atoms with van der Waals surface area (Å²) in [6, 6.07) is 0. The van der Waals surface area contributed by atoms with Gasteiger partial charge in [0.25, 0.3) is 0 Å². The Bertz CT molecular complexity index is 277. The molecule has 0 amide bonds. The third kappa shape index (κ3) is 8.82. The Balaban J connectivity index is 5.02. The molecule has 130 valence electrons. The molecule has 22 heavy (non-hydrogen) atoms. The van der Waals surface area contributed by atoms with Crippen LogP contribution in [-0.4, -0.2) is 18.4 Å². The molecule has 0 N–H and O–H groups in total. The summed E-state index contributed by atoms with van der Waals surface area (Å²) in [5.74, 6) is 0.